The predicted molar refractivity (Wildman–Crippen MR) is 76.0 cm³/mol. The molecule has 0 aromatic carbocycles. The fraction of sp³-hybridized carbons (Fsp3) is 0.867. The van der Waals surface area contributed by atoms with Gasteiger partial charge in [-0.25, -0.2) is 0 Å². The van der Waals surface area contributed by atoms with Gasteiger partial charge in [0, 0.05) is 26.6 Å². The van der Waals surface area contributed by atoms with Crippen molar-refractivity contribution in [2.45, 2.75) is 51.6 Å². The highest BCUT2D eigenvalue weighted by molar-refractivity contribution is 5.80. The van der Waals surface area contributed by atoms with E-state index in [4.69, 9.17) is 0 Å². The first kappa shape index (κ1) is 15.3. The molecule has 20 heavy (non-hydrogen) atoms. The number of hydrogen-bond acceptors (Lipinski definition) is 3. The van der Waals surface area contributed by atoms with Crippen LogP contribution in [0.2, 0.25) is 0 Å². The van der Waals surface area contributed by atoms with E-state index in [1.807, 2.05) is 0 Å². The third-order valence-electron chi connectivity index (χ3n) is 4.62. The Hall–Kier alpha value is -1.10. The summed E-state index contributed by atoms with van der Waals surface area (Å²) in [4.78, 5) is 25.3. The summed E-state index contributed by atoms with van der Waals surface area (Å²) < 4.78 is 0. The van der Waals surface area contributed by atoms with E-state index in [2.05, 4.69) is 5.32 Å². The van der Waals surface area contributed by atoms with Gasteiger partial charge in [0.2, 0.25) is 11.8 Å². The topological polar surface area (TPSA) is 69.6 Å². The molecule has 114 valence electrons. The summed E-state index contributed by atoms with van der Waals surface area (Å²) in [5.74, 6) is 0.586. The highest BCUT2D eigenvalue weighted by Gasteiger charge is 2.27. The molecule has 1 saturated heterocycles. The summed E-state index contributed by atoms with van der Waals surface area (Å²) in [6.45, 7) is 3.61. The molecule has 0 bridgehead atoms. The minimum Gasteiger partial charge on any atom is -0.393 e. The van der Waals surface area contributed by atoms with E-state index in [9.17, 15) is 14.7 Å². The van der Waals surface area contributed by atoms with Gasteiger partial charge < -0.3 is 15.3 Å². The molecule has 5 heteroatoms. The molecule has 1 aliphatic carbocycles. The number of aliphatic hydroxyl groups is 1. The third-order valence-corrected chi connectivity index (χ3v) is 4.62. The first-order valence-electron chi connectivity index (χ1n) is 7.77. The molecule has 0 aromatic heterocycles. The van der Waals surface area contributed by atoms with E-state index in [1.54, 1.807) is 11.8 Å². The van der Waals surface area contributed by atoms with Crippen LogP contribution in [-0.4, -0.2) is 47.6 Å². The Bertz CT molecular complexity index is 351. The van der Waals surface area contributed by atoms with Crippen molar-refractivity contribution in [2.75, 3.05) is 19.6 Å². The lowest BCUT2D eigenvalue weighted by molar-refractivity contribution is -0.134. The number of piperidine rings is 1. The summed E-state index contributed by atoms with van der Waals surface area (Å²) in [5.41, 5.74) is 0. The van der Waals surface area contributed by atoms with Crippen molar-refractivity contribution in [3.8, 4) is 0 Å². The predicted octanol–water partition coefficient (Wildman–Crippen LogP) is 0.912. The molecule has 0 radical (unpaired) electrons. The van der Waals surface area contributed by atoms with Gasteiger partial charge in [0.25, 0.3) is 0 Å². The number of carbonyl (C=O) groups excluding carboxylic acids is 2. The number of aliphatic hydroxyl groups excluding tert-OH is 1. The van der Waals surface area contributed by atoms with Gasteiger partial charge in [0.1, 0.15) is 0 Å². The van der Waals surface area contributed by atoms with Crippen molar-refractivity contribution in [3.05, 3.63) is 0 Å². The van der Waals surface area contributed by atoms with Gasteiger partial charge in [-0.2, -0.15) is 0 Å². The van der Waals surface area contributed by atoms with Crippen LogP contribution >= 0.6 is 0 Å². The molecule has 1 heterocycles. The van der Waals surface area contributed by atoms with Crippen LogP contribution in [0.15, 0.2) is 0 Å². The fourth-order valence-electron chi connectivity index (χ4n) is 3.22. The Morgan fingerprint density at radius 1 is 1.20 bits per heavy atom. The molecule has 1 atom stereocenters. The lowest BCUT2D eigenvalue weighted by Gasteiger charge is -2.32. The minimum atomic E-state index is -0.149. The number of nitrogens with one attached hydrogen (secondary N) is 1. The van der Waals surface area contributed by atoms with Crippen LogP contribution in [0, 0.1) is 11.8 Å². The van der Waals surface area contributed by atoms with Crippen molar-refractivity contribution >= 4 is 11.8 Å². The molecular weight excluding hydrogens is 256 g/mol. The van der Waals surface area contributed by atoms with Crippen molar-refractivity contribution in [2.24, 2.45) is 11.8 Å². The monoisotopic (exact) mass is 282 g/mol. The Morgan fingerprint density at radius 2 is 1.90 bits per heavy atom. The zero-order valence-corrected chi connectivity index (χ0v) is 12.3. The zero-order chi connectivity index (χ0) is 14.5. The summed E-state index contributed by atoms with van der Waals surface area (Å²) in [6.07, 6.45) is 5.32. The number of nitrogens with zero attached hydrogens (tertiary/aromatic N) is 1. The molecule has 0 spiro atoms. The molecule has 2 N–H and O–H groups in total. The van der Waals surface area contributed by atoms with Gasteiger partial charge in [0.05, 0.1) is 12.0 Å². The summed E-state index contributed by atoms with van der Waals surface area (Å²) in [5, 5.41) is 12.5. The van der Waals surface area contributed by atoms with Crippen LogP contribution < -0.4 is 5.32 Å². The van der Waals surface area contributed by atoms with Gasteiger partial charge >= 0.3 is 0 Å². The Kier molecular flexibility index (Phi) is 5.40. The van der Waals surface area contributed by atoms with E-state index in [0.717, 1.165) is 45.1 Å². The maximum atomic E-state index is 12.2. The van der Waals surface area contributed by atoms with Crippen molar-refractivity contribution in [1.82, 2.24) is 10.2 Å². The SMILES string of the molecule is CC(=O)N1CCCC(C(=O)NCC2CCC(O)CC2)C1. The molecule has 1 unspecified atom stereocenters. The van der Waals surface area contributed by atoms with Crippen LogP contribution in [0.1, 0.15) is 45.4 Å². The van der Waals surface area contributed by atoms with Gasteiger partial charge in [-0.1, -0.05) is 0 Å². The lowest BCUT2D eigenvalue weighted by atomic mass is 9.87. The normalized spacial score (nSPS) is 30.9. The van der Waals surface area contributed by atoms with Crippen LogP contribution in [0.3, 0.4) is 0 Å². The second kappa shape index (κ2) is 7.07. The molecule has 0 aromatic rings. The number of hydrogen-bond donors (Lipinski definition) is 2. The highest BCUT2D eigenvalue weighted by atomic mass is 16.3. The third kappa shape index (κ3) is 4.20. The molecule has 5 nitrogen and oxygen atoms in total. The lowest BCUT2D eigenvalue weighted by Crippen LogP contribution is -2.45. The average Bonchev–Trinajstić information content (AvgIpc) is 2.46. The van der Waals surface area contributed by atoms with Crippen LogP contribution in [0.5, 0.6) is 0 Å². The fourth-order valence-corrected chi connectivity index (χ4v) is 3.22. The highest BCUT2D eigenvalue weighted by Crippen LogP contribution is 2.24. The van der Waals surface area contributed by atoms with Crippen molar-refractivity contribution in [1.29, 1.82) is 0 Å². The molecule has 2 amide bonds. The maximum absolute atomic E-state index is 12.2. The van der Waals surface area contributed by atoms with E-state index in [0.29, 0.717) is 19.0 Å². The van der Waals surface area contributed by atoms with Crippen LogP contribution in [-0.2, 0) is 9.59 Å². The molecule has 2 fully saturated rings. The molecule has 2 aliphatic rings. The van der Waals surface area contributed by atoms with E-state index >= 15 is 0 Å². The van der Waals surface area contributed by atoms with Crippen molar-refractivity contribution < 1.29 is 14.7 Å². The smallest absolute Gasteiger partial charge is 0.224 e. The van der Waals surface area contributed by atoms with Crippen LogP contribution in [0.4, 0.5) is 0 Å². The molecule has 2 rings (SSSR count). The standard InChI is InChI=1S/C15H26N2O3/c1-11(18)17-8-2-3-13(10-17)15(20)16-9-12-4-6-14(19)7-5-12/h12-14,19H,2-10H2,1H3,(H,16,20). The second-order valence-corrected chi connectivity index (χ2v) is 6.22. The van der Waals surface area contributed by atoms with Gasteiger partial charge in [-0.05, 0) is 44.4 Å². The largest absolute Gasteiger partial charge is 0.393 e. The minimum absolute atomic E-state index is 0.0539. The molecule has 1 saturated carbocycles. The maximum Gasteiger partial charge on any atom is 0.224 e. The van der Waals surface area contributed by atoms with E-state index in [-0.39, 0.29) is 23.8 Å². The molecular formula is C15H26N2O3. The second-order valence-electron chi connectivity index (χ2n) is 6.22. The quantitative estimate of drug-likeness (QED) is 0.808. The first-order chi connectivity index (χ1) is 9.56. The summed E-state index contributed by atoms with van der Waals surface area (Å²) >= 11 is 0. The van der Waals surface area contributed by atoms with Crippen LogP contribution in [0.25, 0.3) is 0 Å². The molecule has 1 aliphatic heterocycles. The zero-order valence-electron chi connectivity index (χ0n) is 12.3. The Labute approximate surface area is 120 Å². The van der Waals surface area contributed by atoms with Crippen molar-refractivity contribution in [3.63, 3.8) is 0 Å². The Balaban J connectivity index is 1.73. The Morgan fingerprint density at radius 3 is 2.55 bits per heavy atom. The summed E-state index contributed by atoms with van der Waals surface area (Å²) in [7, 11) is 0. The number of carbonyl (C=O) groups is 2. The van der Waals surface area contributed by atoms with Gasteiger partial charge in [-0.15, -0.1) is 0 Å². The number of likely N-dealkylation sites (tertiary alicyclic amines) is 1. The van der Waals surface area contributed by atoms with E-state index < -0.39 is 0 Å². The number of amides is 2. The summed E-state index contributed by atoms with van der Waals surface area (Å²) in [6, 6.07) is 0. The first-order valence-corrected chi connectivity index (χ1v) is 7.77. The number of rotatable bonds is 3. The van der Waals surface area contributed by atoms with Gasteiger partial charge in [-0.3, -0.25) is 9.59 Å². The average molecular weight is 282 g/mol. The van der Waals surface area contributed by atoms with Gasteiger partial charge in [0.15, 0.2) is 0 Å². The van der Waals surface area contributed by atoms with E-state index in [1.165, 1.54) is 0 Å².